The molecular formula is C22H19NO5S. The van der Waals surface area contributed by atoms with Crippen molar-refractivity contribution in [3.63, 3.8) is 0 Å². The lowest BCUT2D eigenvalue weighted by Crippen LogP contribution is -2.22. The topological polar surface area (TPSA) is 66.0 Å². The summed E-state index contributed by atoms with van der Waals surface area (Å²) in [5.74, 6) is 2.77. The molecule has 2 aliphatic rings. The molecule has 0 aliphatic carbocycles. The van der Waals surface area contributed by atoms with Gasteiger partial charge in [-0.1, -0.05) is 12.1 Å². The molecule has 5 rings (SSSR count). The van der Waals surface area contributed by atoms with Crippen LogP contribution in [0.15, 0.2) is 41.8 Å². The molecule has 0 saturated carbocycles. The van der Waals surface area contributed by atoms with Crippen molar-refractivity contribution in [2.45, 2.75) is 12.3 Å². The second-order valence-corrected chi connectivity index (χ2v) is 7.79. The number of benzene rings is 2. The Balaban J connectivity index is 1.57. The third kappa shape index (κ3) is 2.98. The van der Waals surface area contributed by atoms with Crippen LogP contribution in [-0.4, -0.2) is 26.9 Å². The highest BCUT2D eigenvalue weighted by atomic mass is 32.1. The molecule has 1 aromatic heterocycles. The van der Waals surface area contributed by atoms with E-state index >= 15 is 0 Å². The fourth-order valence-corrected chi connectivity index (χ4v) is 5.00. The van der Waals surface area contributed by atoms with Crippen LogP contribution in [0.1, 0.15) is 22.8 Å². The van der Waals surface area contributed by atoms with E-state index in [1.54, 1.807) is 25.6 Å². The summed E-state index contributed by atoms with van der Waals surface area (Å²) < 4.78 is 21.7. The summed E-state index contributed by atoms with van der Waals surface area (Å²) in [6.07, 6.45) is 0.401. The van der Waals surface area contributed by atoms with E-state index in [2.05, 4.69) is 10.7 Å². The van der Waals surface area contributed by atoms with E-state index in [4.69, 9.17) is 18.9 Å². The largest absolute Gasteiger partial charge is 0.493 e. The molecule has 29 heavy (non-hydrogen) atoms. The van der Waals surface area contributed by atoms with Crippen molar-refractivity contribution in [3.8, 4) is 34.1 Å². The lowest BCUT2D eigenvalue weighted by atomic mass is 9.89. The van der Waals surface area contributed by atoms with E-state index in [1.807, 2.05) is 36.4 Å². The summed E-state index contributed by atoms with van der Waals surface area (Å²) in [7, 11) is 3.22. The number of hydrogen-bond donors (Lipinski definition) is 1. The van der Waals surface area contributed by atoms with Gasteiger partial charge in [-0.3, -0.25) is 4.79 Å². The highest BCUT2D eigenvalue weighted by molar-refractivity contribution is 7.11. The number of thiophene rings is 1. The van der Waals surface area contributed by atoms with Crippen molar-refractivity contribution in [2.24, 2.45) is 0 Å². The zero-order chi connectivity index (χ0) is 20.0. The second kappa shape index (κ2) is 7.00. The van der Waals surface area contributed by atoms with Gasteiger partial charge in [0.1, 0.15) is 0 Å². The third-order valence-corrected chi connectivity index (χ3v) is 6.38. The average Bonchev–Trinajstić information content (AvgIpc) is 3.38. The maximum atomic E-state index is 12.5. The Kier molecular flexibility index (Phi) is 4.32. The van der Waals surface area contributed by atoms with Gasteiger partial charge in [0, 0.05) is 28.2 Å². The lowest BCUT2D eigenvalue weighted by Gasteiger charge is -2.24. The van der Waals surface area contributed by atoms with Crippen molar-refractivity contribution in [3.05, 3.63) is 52.2 Å². The SMILES string of the molecule is COc1ccc(-c2csc3c2NC(=O)C[C@@H]3c2ccc3c(c2)OCO3)cc1OC. The number of amides is 1. The molecule has 1 N–H and O–H groups in total. The minimum absolute atomic E-state index is 0.000272. The molecule has 6 nitrogen and oxygen atoms in total. The standard InChI is InChI=1S/C22H19NO5S/c1-25-16-5-3-13(7-18(16)26-2)15-10-29-22-14(9-20(24)23-21(15)22)12-4-6-17-19(8-12)28-11-27-17/h3-8,10,14H,9,11H2,1-2H3,(H,23,24)/t14-/m1/s1. The molecule has 7 heteroatoms. The van der Waals surface area contributed by atoms with Gasteiger partial charge >= 0.3 is 0 Å². The molecule has 2 aliphatic heterocycles. The first-order valence-corrected chi connectivity index (χ1v) is 10.1. The Morgan fingerprint density at radius 1 is 1.03 bits per heavy atom. The van der Waals surface area contributed by atoms with Crippen LogP contribution in [0.3, 0.4) is 0 Å². The van der Waals surface area contributed by atoms with Crippen LogP contribution in [0, 0.1) is 0 Å². The summed E-state index contributed by atoms with van der Waals surface area (Å²) in [4.78, 5) is 13.7. The quantitative estimate of drug-likeness (QED) is 0.680. The number of ether oxygens (including phenoxy) is 4. The fraction of sp³-hybridized carbons (Fsp3) is 0.227. The van der Waals surface area contributed by atoms with Crippen LogP contribution >= 0.6 is 11.3 Å². The summed E-state index contributed by atoms with van der Waals surface area (Å²) in [6.45, 7) is 0.234. The monoisotopic (exact) mass is 409 g/mol. The van der Waals surface area contributed by atoms with Crippen molar-refractivity contribution in [1.82, 2.24) is 0 Å². The van der Waals surface area contributed by atoms with Gasteiger partial charge in [-0.2, -0.15) is 0 Å². The van der Waals surface area contributed by atoms with Gasteiger partial charge in [0.15, 0.2) is 23.0 Å². The molecule has 0 bridgehead atoms. The van der Waals surface area contributed by atoms with Crippen LogP contribution in [0.4, 0.5) is 5.69 Å². The van der Waals surface area contributed by atoms with E-state index in [0.29, 0.717) is 17.9 Å². The predicted molar refractivity (Wildman–Crippen MR) is 111 cm³/mol. The highest BCUT2D eigenvalue weighted by Crippen LogP contribution is 2.48. The van der Waals surface area contributed by atoms with E-state index in [9.17, 15) is 4.79 Å². The van der Waals surface area contributed by atoms with Gasteiger partial charge in [-0.25, -0.2) is 0 Å². The van der Waals surface area contributed by atoms with Gasteiger partial charge in [0.2, 0.25) is 12.7 Å². The zero-order valence-electron chi connectivity index (χ0n) is 16.0. The molecule has 148 valence electrons. The van der Waals surface area contributed by atoms with Crippen LogP contribution in [-0.2, 0) is 4.79 Å². The van der Waals surface area contributed by atoms with E-state index in [-0.39, 0.29) is 18.6 Å². The van der Waals surface area contributed by atoms with E-state index in [0.717, 1.165) is 38.8 Å². The maximum absolute atomic E-state index is 12.5. The molecule has 0 radical (unpaired) electrons. The van der Waals surface area contributed by atoms with Crippen molar-refractivity contribution in [2.75, 3.05) is 26.3 Å². The second-order valence-electron chi connectivity index (χ2n) is 6.88. The van der Waals surface area contributed by atoms with E-state index < -0.39 is 0 Å². The molecule has 1 amide bonds. The molecule has 0 unspecified atom stereocenters. The summed E-state index contributed by atoms with van der Waals surface area (Å²) in [5.41, 5.74) is 3.85. The lowest BCUT2D eigenvalue weighted by molar-refractivity contribution is -0.116. The predicted octanol–water partition coefficient (Wildman–Crippen LogP) is 4.64. The van der Waals surface area contributed by atoms with Gasteiger partial charge in [0.25, 0.3) is 0 Å². The average molecular weight is 409 g/mol. The molecule has 3 heterocycles. The van der Waals surface area contributed by atoms with Crippen LogP contribution < -0.4 is 24.3 Å². The van der Waals surface area contributed by atoms with Crippen molar-refractivity contribution in [1.29, 1.82) is 0 Å². The van der Waals surface area contributed by atoms with Gasteiger partial charge in [-0.15, -0.1) is 11.3 Å². The fourth-order valence-electron chi connectivity index (χ4n) is 3.84. The Labute approximate surface area is 172 Å². The maximum Gasteiger partial charge on any atom is 0.231 e. The Morgan fingerprint density at radius 3 is 2.69 bits per heavy atom. The van der Waals surface area contributed by atoms with E-state index in [1.165, 1.54) is 0 Å². The smallest absolute Gasteiger partial charge is 0.231 e. The van der Waals surface area contributed by atoms with Crippen LogP contribution in [0.25, 0.3) is 11.1 Å². The number of anilines is 1. The first kappa shape index (κ1) is 17.9. The van der Waals surface area contributed by atoms with Crippen LogP contribution in [0.5, 0.6) is 23.0 Å². The number of nitrogens with one attached hydrogen (secondary N) is 1. The number of carbonyl (C=O) groups excluding carboxylic acids is 1. The number of hydrogen-bond acceptors (Lipinski definition) is 6. The van der Waals surface area contributed by atoms with Gasteiger partial charge in [-0.05, 0) is 35.4 Å². The molecule has 0 fully saturated rings. The Bertz CT molecular complexity index is 1110. The minimum atomic E-state index is -0.0212. The molecular weight excluding hydrogens is 390 g/mol. The first-order chi connectivity index (χ1) is 14.2. The Morgan fingerprint density at radius 2 is 1.86 bits per heavy atom. The zero-order valence-corrected chi connectivity index (χ0v) is 16.8. The summed E-state index contributed by atoms with van der Waals surface area (Å²) in [6, 6.07) is 11.7. The first-order valence-electron chi connectivity index (χ1n) is 9.21. The molecule has 2 aromatic carbocycles. The summed E-state index contributed by atoms with van der Waals surface area (Å²) >= 11 is 1.65. The highest BCUT2D eigenvalue weighted by Gasteiger charge is 2.31. The molecule has 3 aromatic rings. The van der Waals surface area contributed by atoms with Crippen LogP contribution in [0.2, 0.25) is 0 Å². The number of carbonyl (C=O) groups is 1. The van der Waals surface area contributed by atoms with Crippen molar-refractivity contribution >= 4 is 22.9 Å². The molecule has 0 saturated heterocycles. The summed E-state index contributed by atoms with van der Waals surface area (Å²) in [5, 5.41) is 5.15. The molecule has 0 spiro atoms. The number of methoxy groups -OCH3 is 2. The number of rotatable bonds is 4. The normalized spacial score (nSPS) is 16.9. The van der Waals surface area contributed by atoms with Gasteiger partial charge < -0.3 is 24.3 Å². The number of fused-ring (bicyclic) bond motifs is 2. The molecule has 1 atom stereocenters. The van der Waals surface area contributed by atoms with Crippen molar-refractivity contribution < 1.29 is 23.7 Å². The Hall–Kier alpha value is -3.19. The minimum Gasteiger partial charge on any atom is -0.493 e. The third-order valence-electron chi connectivity index (χ3n) is 5.28. The van der Waals surface area contributed by atoms with Gasteiger partial charge in [0.05, 0.1) is 19.9 Å².